The van der Waals surface area contributed by atoms with E-state index in [1.54, 1.807) is 4.68 Å². The smallest absolute Gasteiger partial charge is 0.144 e. The number of rotatable bonds is 3. The number of hydrogen-bond donors (Lipinski definition) is 0. The van der Waals surface area contributed by atoms with Crippen LogP contribution >= 0.6 is 0 Å². The zero-order valence-electron chi connectivity index (χ0n) is 9.20. The number of anilines is 1. The highest BCUT2D eigenvalue weighted by Crippen LogP contribution is 2.20. The Kier molecular flexibility index (Phi) is 3.13. The first-order chi connectivity index (χ1) is 6.61. The molecule has 0 bridgehead atoms. The SMILES string of the molecule is CCCN(C)c1c(C#N)c(C)nn1C. The first-order valence-electron chi connectivity index (χ1n) is 4.76. The number of nitriles is 1. The summed E-state index contributed by atoms with van der Waals surface area (Å²) in [6, 6.07) is 2.20. The van der Waals surface area contributed by atoms with Gasteiger partial charge >= 0.3 is 0 Å². The number of aromatic nitrogens is 2. The predicted molar refractivity (Wildman–Crippen MR) is 56.2 cm³/mol. The molecule has 0 saturated heterocycles. The first kappa shape index (κ1) is 10.6. The van der Waals surface area contributed by atoms with E-state index in [1.807, 2.05) is 21.0 Å². The van der Waals surface area contributed by atoms with Gasteiger partial charge in [-0.25, -0.2) is 0 Å². The van der Waals surface area contributed by atoms with E-state index >= 15 is 0 Å². The minimum absolute atomic E-state index is 0.684. The first-order valence-corrected chi connectivity index (χ1v) is 4.76. The van der Waals surface area contributed by atoms with Gasteiger partial charge in [-0.1, -0.05) is 6.92 Å². The molecule has 0 aliphatic rings. The fraction of sp³-hybridized carbons (Fsp3) is 0.600. The highest BCUT2D eigenvalue weighted by molar-refractivity contribution is 5.56. The lowest BCUT2D eigenvalue weighted by atomic mass is 10.2. The fourth-order valence-corrected chi connectivity index (χ4v) is 1.66. The van der Waals surface area contributed by atoms with E-state index in [4.69, 9.17) is 5.26 Å². The second kappa shape index (κ2) is 4.14. The normalized spacial score (nSPS) is 9.93. The highest BCUT2D eigenvalue weighted by Gasteiger charge is 2.15. The van der Waals surface area contributed by atoms with Gasteiger partial charge in [-0.05, 0) is 13.3 Å². The van der Waals surface area contributed by atoms with E-state index in [0.29, 0.717) is 5.56 Å². The molecular weight excluding hydrogens is 176 g/mol. The molecule has 4 heteroatoms. The van der Waals surface area contributed by atoms with Gasteiger partial charge in [-0.15, -0.1) is 0 Å². The lowest BCUT2D eigenvalue weighted by Crippen LogP contribution is -2.21. The molecule has 14 heavy (non-hydrogen) atoms. The summed E-state index contributed by atoms with van der Waals surface area (Å²) >= 11 is 0. The van der Waals surface area contributed by atoms with E-state index in [-0.39, 0.29) is 0 Å². The van der Waals surface area contributed by atoms with Crippen molar-refractivity contribution in [2.75, 3.05) is 18.5 Å². The van der Waals surface area contributed by atoms with Crippen molar-refractivity contribution in [3.8, 4) is 6.07 Å². The zero-order valence-corrected chi connectivity index (χ0v) is 9.20. The third kappa shape index (κ3) is 1.72. The molecule has 0 atom stereocenters. The lowest BCUT2D eigenvalue weighted by molar-refractivity contribution is 0.720. The quantitative estimate of drug-likeness (QED) is 0.728. The largest absolute Gasteiger partial charge is 0.359 e. The molecule has 0 unspecified atom stereocenters. The van der Waals surface area contributed by atoms with Crippen molar-refractivity contribution in [3.05, 3.63) is 11.3 Å². The molecule has 0 amide bonds. The third-order valence-corrected chi connectivity index (χ3v) is 2.22. The molecule has 0 aliphatic heterocycles. The molecule has 0 fully saturated rings. The maximum atomic E-state index is 9.00. The van der Waals surface area contributed by atoms with Crippen molar-refractivity contribution in [1.29, 1.82) is 5.26 Å². The maximum Gasteiger partial charge on any atom is 0.144 e. The van der Waals surface area contributed by atoms with Crippen LogP contribution < -0.4 is 4.90 Å². The molecule has 1 aromatic heterocycles. The summed E-state index contributed by atoms with van der Waals surface area (Å²) in [6.07, 6.45) is 1.06. The molecule has 0 aliphatic carbocycles. The van der Waals surface area contributed by atoms with Crippen LogP contribution in [0.4, 0.5) is 5.82 Å². The van der Waals surface area contributed by atoms with Gasteiger partial charge in [0.2, 0.25) is 0 Å². The second-order valence-corrected chi connectivity index (χ2v) is 3.44. The van der Waals surface area contributed by atoms with E-state index in [1.165, 1.54) is 0 Å². The van der Waals surface area contributed by atoms with Crippen molar-refractivity contribution < 1.29 is 0 Å². The Balaban J connectivity index is 3.13. The van der Waals surface area contributed by atoms with E-state index in [0.717, 1.165) is 24.5 Å². The van der Waals surface area contributed by atoms with E-state index in [2.05, 4.69) is 23.0 Å². The van der Waals surface area contributed by atoms with Crippen LogP contribution in [0.15, 0.2) is 0 Å². The molecule has 76 valence electrons. The zero-order chi connectivity index (χ0) is 10.7. The van der Waals surface area contributed by atoms with Crippen molar-refractivity contribution in [2.24, 2.45) is 7.05 Å². The van der Waals surface area contributed by atoms with Crippen LogP contribution in [-0.2, 0) is 7.05 Å². The number of aryl methyl sites for hydroxylation is 2. The highest BCUT2D eigenvalue weighted by atomic mass is 15.4. The molecule has 4 nitrogen and oxygen atoms in total. The van der Waals surface area contributed by atoms with Gasteiger partial charge in [0.15, 0.2) is 0 Å². The van der Waals surface area contributed by atoms with Crippen LogP contribution in [0, 0.1) is 18.3 Å². The average molecular weight is 192 g/mol. The van der Waals surface area contributed by atoms with E-state index < -0.39 is 0 Å². The van der Waals surface area contributed by atoms with Gasteiger partial charge < -0.3 is 4.90 Å². The predicted octanol–water partition coefficient (Wildman–Crippen LogP) is 1.45. The Bertz CT molecular complexity index is 359. The summed E-state index contributed by atoms with van der Waals surface area (Å²) in [5.74, 6) is 0.909. The molecule has 1 heterocycles. The minimum Gasteiger partial charge on any atom is -0.359 e. The van der Waals surface area contributed by atoms with Crippen LogP contribution in [-0.4, -0.2) is 23.4 Å². The molecule has 0 aromatic carbocycles. The Morgan fingerprint density at radius 3 is 2.71 bits per heavy atom. The van der Waals surface area contributed by atoms with Crippen LogP contribution in [0.25, 0.3) is 0 Å². The number of nitrogens with zero attached hydrogens (tertiary/aromatic N) is 4. The standard InChI is InChI=1S/C10H16N4/c1-5-6-13(3)10-9(7-11)8(2)12-14(10)4/h5-6H2,1-4H3. The summed E-state index contributed by atoms with van der Waals surface area (Å²) in [4.78, 5) is 2.07. The Hall–Kier alpha value is -1.50. The Morgan fingerprint density at radius 2 is 2.21 bits per heavy atom. The Morgan fingerprint density at radius 1 is 1.57 bits per heavy atom. The molecule has 0 N–H and O–H groups in total. The van der Waals surface area contributed by atoms with Crippen molar-refractivity contribution in [3.63, 3.8) is 0 Å². The van der Waals surface area contributed by atoms with Gasteiger partial charge in [0, 0.05) is 20.6 Å². The van der Waals surface area contributed by atoms with Crippen LogP contribution in [0.5, 0.6) is 0 Å². The van der Waals surface area contributed by atoms with Crippen molar-refractivity contribution in [1.82, 2.24) is 9.78 Å². The number of hydrogen-bond acceptors (Lipinski definition) is 3. The molecule has 0 radical (unpaired) electrons. The molecular formula is C10H16N4. The van der Waals surface area contributed by atoms with Crippen molar-refractivity contribution >= 4 is 5.82 Å². The monoisotopic (exact) mass is 192 g/mol. The summed E-state index contributed by atoms with van der Waals surface area (Å²) < 4.78 is 1.77. The molecule has 1 rings (SSSR count). The van der Waals surface area contributed by atoms with E-state index in [9.17, 15) is 0 Å². The summed E-state index contributed by atoms with van der Waals surface area (Å²) in [6.45, 7) is 4.92. The van der Waals surface area contributed by atoms with Gasteiger partial charge in [0.05, 0.1) is 5.69 Å². The maximum absolute atomic E-state index is 9.00. The average Bonchev–Trinajstić information content (AvgIpc) is 2.40. The second-order valence-electron chi connectivity index (χ2n) is 3.44. The molecule has 0 saturated carbocycles. The van der Waals surface area contributed by atoms with Crippen molar-refractivity contribution in [2.45, 2.75) is 20.3 Å². The summed E-state index contributed by atoms with van der Waals surface area (Å²) in [7, 11) is 3.86. The lowest BCUT2D eigenvalue weighted by Gasteiger charge is -2.18. The van der Waals surface area contributed by atoms with Crippen LogP contribution in [0.1, 0.15) is 24.6 Å². The van der Waals surface area contributed by atoms with Gasteiger partial charge in [-0.3, -0.25) is 4.68 Å². The minimum atomic E-state index is 0.684. The van der Waals surface area contributed by atoms with Gasteiger partial charge in [0.25, 0.3) is 0 Å². The molecule has 0 spiro atoms. The van der Waals surface area contributed by atoms with Gasteiger partial charge in [-0.2, -0.15) is 10.4 Å². The Labute approximate surface area is 84.7 Å². The van der Waals surface area contributed by atoms with Crippen LogP contribution in [0.2, 0.25) is 0 Å². The fourth-order valence-electron chi connectivity index (χ4n) is 1.66. The molecule has 1 aromatic rings. The summed E-state index contributed by atoms with van der Waals surface area (Å²) in [5, 5.41) is 13.2. The van der Waals surface area contributed by atoms with Crippen LogP contribution in [0.3, 0.4) is 0 Å². The topological polar surface area (TPSA) is 44.9 Å². The van der Waals surface area contributed by atoms with Gasteiger partial charge in [0.1, 0.15) is 17.5 Å². The summed E-state index contributed by atoms with van der Waals surface area (Å²) in [5.41, 5.74) is 1.48. The third-order valence-electron chi connectivity index (χ3n) is 2.22.